The van der Waals surface area contributed by atoms with Gasteiger partial charge in [0.25, 0.3) is 5.91 Å². The van der Waals surface area contributed by atoms with Crippen molar-refractivity contribution in [2.24, 2.45) is 5.73 Å². The van der Waals surface area contributed by atoms with Gasteiger partial charge in [0.2, 0.25) is 0 Å². The predicted octanol–water partition coefficient (Wildman–Crippen LogP) is 3.58. The van der Waals surface area contributed by atoms with Crippen LogP contribution < -0.4 is 19.9 Å². The number of nitrogens with two attached hydrogens (primary N) is 1. The molecule has 0 atom stereocenters. The van der Waals surface area contributed by atoms with E-state index in [-0.39, 0.29) is 30.7 Å². The number of methoxy groups -OCH3 is 2. The van der Waals surface area contributed by atoms with Crippen LogP contribution in [0.4, 0.5) is 0 Å². The van der Waals surface area contributed by atoms with Crippen molar-refractivity contribution in [3.63, 3.8) is 0 Å². The smallest absolute Gasteiger partial charge is 0.254 e. The van der Waals surface area contributed by atoms with Crippen LogP contribution in [0.15, 0.2) is 36.4 Å². The molecular formula is C22H31Cl2N3O4. The zero-order valence-electron chi connectivity index (χ0n) is 18.1. The van der Waals surface area contributed by atoms with Crippen molar-refractivity contribution in [1.82, 2.24) is 9.80 Å². The second-order valence-corrected chi connectivity index (χ2v) is 7.11. The summed E-state index contributed by atoms with van der Waals surface area (Å²) < 4.78 is 16.9. The lowest BCUT2D eigenvalue weighted by Gasteiger charge is -2.21. The lowest BCUT2D eigenvalue weighted by Crippen LogP contribution is -2.34. The van der Waals surface area contributed by atoms with Gasteiger partial charge in [0.05, 0.1) is 14.2 Å². The van der Waals surface area contributed by atoms with Crippen LogP contribution in [0.3, 0.4) is 0 Å². The number of rotatable bonds is 6. The van der Waals surface area contributed by atoms with Crippen molar-refractivity contribution >= 4 is 30.7 Å². The van der Waals surface area contributed by atoms with Gasteiger partial charge in [0, 0.05) is 31.7 Å². The maximum Gasteiger partial charge on any atom is 0.254 e. The second-order valence-electron chi connectivity index (χ2n) is 7.11. The molecule has 2 N–H and O–H groups in total. The van der Waals surface area contributed by atoms with Crippen LogP contribution in [-0.2, 0) is 6.54 Å². The van der Waals surface area contributed by atoms with Gasteiger partial charge in [0.15, 0.2) is 23.0 Å². The van der Waals surface area contributed by atoms with Crippen molar-refractivity contribution in [3.05, 3.63) is 47.5 Å². The van der Waals surface area contributed by atoms with Crippen LogP contribution in [0.2, 0.25) is 0 Å². The Bertz CT molecular complexity index is 867. The maximum atomic E-state index is 12.9. The Labute approximate surface area is 196 Å². The van der Waals surface area contributed by atoms with E-state index in [0.717, 1.165) is 38.2 Å². The monoisotopic (exact) mass is 471 g/mol. The summed E-state index contributed by atoms with van der Waals surface area (Å²) in [6, 6.07) is 10.8. The van der Waals surface area contributed by atoms with Crippen LogP contribution >= 0.6 is 24.8 Å². The first kappa shape index (κ1) is 26.8. The zero-order chi connectivity index (χ0) is 20.8. The van der Waals surface area contributed by atoms with E-state index >= 15 is 0 Å². The number of benzene rings is 2. The number of carbonyl (C=O) groups is 1. The number of halogens is 2. The van der Waals surface area contributed by atoms with E-state index in [4.69, 9.17) is 19.9 Å². The highest BCUT2D eigenvalue weighted by atomic mass is 35.5. The summed E-state index contributed by atoms with van der Waals surface area (Å²) in [7, 11) is 5.23. The first-order valence-electron chi connectivity index (χ1n) is 9.76. The van der Waals surface area contributed by atoms with Crippen molar-refractivity contribution in [3.8, 4) is 23.0 Å². The fourth-order valence-electron chi connectivity index (χ4n) is 3.36. The number of carbonyl (C=O) groups excluding carboxylic acids is 1. The molecule has 9 heteroatoms. The molecule has 2 aromatic carbocycles. The summed E-state index contributed by atoms with van der Waals surface area (Å²) in [4.78, 5) is 17.1. The molecule has 1 heterocycles. The number of ether oxygens (including phenoxy) is 3. The Morgan fingerprint density at radius 1 is 0.903 bits per heavy atom. The SMILES string of the molecule is COc1cc(CN)ccc1Oc1ccc(C(=O)N2CCCN(C)CC2)cc1OC.Cl.Cl. The maximum absolute atomic E-state index is 12.9. The molecule has 31 heavy (non-hydrogen) atoms. The highest BCUT2D eigenvalue weighted by Gasteiger charge is 2.21. The van der Waals surface area contributed by atoms with Gasteiger partial charge < -0.3 is 29.7 Å². The Balaban J connectivity index is 0.00000240. The molecule has 1 fully saturated rings. The van der Waals surface area contributed by atoms with Gasteiger partial charge in [-0.1, -0.05) is 6.07 Å². The molecular weight excluding hydrogens is 441 g/mol. The number of nitrogens with zero attached hydrogens (tertiary/aromatic N) is 2. The molecule has 3 rings (SSSR count). The van der Waals surface area contributed by atoms with Crippen molar-refractivity contribution in [2.45, 2.75) is 13.0 Å². The molecule has 7 nitrogen and oxygen atoms in total. The molecule has 0 saturated carbocycles. The molecule has 0 bridgehead atoms. The number of amides is 1. The van der Waals surface area contributed by atoms with Gasteiger partial charge in [-0.15, -0.1) is 24.8 Å². The van der Waals surface area contributed by atoms with Gasteiger partial charge >= 0.3 is 0 Å². The second kappa shape index (κ2) is 12.6. The van der Waals surface area contributed by atoms with Crippen molar-refractivity contribution < 1.29 is 19.0 Å². The van der Waals surface area contributed by atoms with Crippen LogP contribution in [0.5, 0.6) is 23.0 Å². The Morgan fingerprint density at radius 2 is 1.55 bits per heavy atom. The molecule has 1 amide bonds. The summed E-state index contributed by atoms with van der Waals surface area (Å²) in [6.45, 7) is 3.78. The standard InChI is InChI=1S/C22H29N3O4.2ClH/c1-24-9-4-10-25(12-11-24)22(26)17-6-8-19(21(14-17)28-3)29-18-7-5-16(15-23)13-20(18)27-2;;/h5-8,13-14H,4,9-12,15,23H2,1-3H3;2*1H. The fraction of sp³-hybridized carbons (Fsp3) is 0.409. The third-order valence-electron chi connectivity index (χ3n) is 5.10. The summed E-state index contributed by atoms with van der Waals surface area (Å²) in [5, 5.41) is 0. The van der Waals surface area contributed by atoms with Crippen molar-refractivity contribution in [1.29, 1.82) is 0 Å². The molecule has 0 radical (unpaired) electrons. The normalized spacial score (nSPS) is 14.0. The third-order valence-corrected chi connectivity index (χ3v) is 5.10. The molecule has 0 spiro atoms. The van der Waals surface area contributed by atoms with E-state index in [0.29, 0.717) is 35.1 Å². The van der Waals surface area contributed by atoms with Crippen LogP contribution in [0.1, 0.15) is 22.3 Å². The van der Waals surface area contributed by atoms with E-state index in [1.165, 1.54) is 0 Å². The highest BCUT2D eigenvalue weighted by Crippen LogP contribution is 2.37. The third kappa shape index (κ3) is 6.64. The molecule has 1 aliphatic rings. The van der Waals surface area contributed by atoms with E-state index in [1.807, 2.05) is 23.1 Å². The Kier molecular flexibility index (Phi) is 10.9. The Morgan fingerprint density at radius 3 is 2.19 bits per heavy atom. The quantitative estimate of drug-likeness (QED) is 0.693. The number of likely N-dealkylation sites (N-methyl/N-ethyl adjacent to an activating group) is 1. The summed E-state index contributed by atoms with van der Waals surface area (Å²) >= 11 is 0. The molecule has 1 aliphatic heterocycles. The summed E-state index contributed by atoms with van der Waals surface area (Å²) in [6.07, 6.45) is 0.971. The minimum absolute atomic E-state index is 0. The van der Waals surface area contributed by atoms with Gasteiger partial charge in [-0.3, -0.25) is 4.79 Å². The first-order valence-corrected chi connectivity index (χ1v) is 9.76. The minimum Gasteiger partial charge on any atom is -0.493 e. The van der Waals surface area contributed by atoms with Crippen LogP contribution in [0.25, 0.3) is 0 Å². The number of hydrogen-bond donors (Lipinski definition) is 1. The van der Waals surface area contributed by atoms with Gasteiger partial charge in [-0.25, -0.2) is 0 Å². The van der Waals surface area contributed by atoms with Gasteiger partial charge in [-0.05, 0) is 55.9 Å². The molecule has 0 unspecified atom stereocenters. The number of hydrogen-bond acceptors (Lipinski definition) is 6. The first-order chi connectivity index (χ1) is 14.0. The van der Waals surface area contributed by atoms with Gasteiger partial charge in [-0.2, -0.15) is 0 Å². The molecule has 172 valence electrons. The lowest BCUT2D eigenvalue weighted by atomic mass is 10.1. The predicted molar refractivity (Wildman–Crippen MR) is 126 cm³/mol. The molecule has 0 aliphatic carbocycles. The molecule has 0 aromatic heterocycles. The van der Waals surface area contributed by atoms with E-state index < -0.39 is 0 Å². The van der Waals surface area contributed by atoms with E-state index in [2.05, 4.69) is 11.9 Å². The van der Waals surface area contributed by atoms with Crippen LogP contribution in [0, 0.1) is 0 Å². The average molecular weight is 472 g/mol. The van der Waals surface area contributed by atoms with E-state index in [9.17, 15) is 4.79 Å². The molecule has 1 saturated heterocycles. The van der Waals surface area contributed by atoms with E-state index in [1.54, 1.807) is 32.4 Å². The van der Waals surface area contributed by atoms with Crippen molar-refractivity contribution in [2.75, 3.05) is 47.4 Å². The Hall–Kier alpha value is -2.19. The largest absolute Gasteiger partial charge is 0.493 e. The zero-order valence-corrected chi connectivity index (χ0v) is 19.8. The lowest BCUT2D eigenvalue weighted by molar-refractivity contribution is 0.0762. The highest BCUT2D eigenvalue weighted by molar-refractivity contribution is 5.95. The minimum atomic E-state index is 0. The topological polar surface area (TPSA) is 77.3 Å². The van der Waals surface area contributed by atoms with Gasteiger partial charge in [0.1, 0.15) is 0 Å². The summed E-state index contributed by atoms with van der Waals surface area (Å²) in [5.74, 6) is 2.16. The van der Waals surface area contributed by atoms with Crippen LogP contribution in [-0.4, -0.2) is 63.2 Å². The summed E-state index contributed by atoms with van der Waals surface area (Å²) in [5.41, 5.74) is 7.23. The molecule has 2 aromatic rings. The fourth-order valence-corrected chi connectivity index (χ4v) is 3.36. The average Bonchev–Trinajstić information content (AvgIpc) is 2.98.